The molecule has 0 aliphatic carbocycles. The molecule has 0 bridgehead atoms. The molecule has 0 spiro atoms. The first kappa shape index (κ1) is 18.1. The van der Waals surface area contributed by atoms with Crippen molar-refractivity contribution in [3.63, 3.8) is 0 Å². The van der Waals surface area contributed by atoms with Crippen molar-refractivity contribution in [2.24, 2.45) is 0 Å². The molecule has 0 unspecified atom stereocenters. The summed E-state index contributed by atoms with van der Waals surface area (Å²) in [6, 6.07) is 21.5. The Balaban J connectivity index is 0.000000465. The Kier molecular flexibility index (Phi) is 13.0. The van der Waals surface area contributed by atoms with Crippen molar-refractivity contribution in [1.29, 1.82) is 0 Å². The van der Waals surface area contributed by atoms with Crippen LogP contribution in [0, 0.1) is 0 Å². The summed E-state index contributed by atoms with van der Waals surface area (Å²) in [7, 11) is 7.50. The van der Waals surface area contributed by atoms with Gasteiger partial charge in [0.05, 0.1) is 0 Å². The second kappa shape index (κ2) is 13.6. The van der Waals surface area contributed by atoms with E-state index in [1.165, 1.54) is 7.22 Å². The van der Waals surface area contributed by atoms with E-state index in [1.807, 2.05) is 28.2 Å². The maximum absolute atomic E-state index is 2.75. The molecular weight excluding hydrogens is 348 g/mol. The SMILES string of the molecule is CNC.CNC.c1ccc([Te]c2ccccc2)cc1. The molecule has 2 rings (SSSR count). The van der Waals surface area contributed by atoms with Crippen LogP contribution < -0.4 is 17.9 Å². The molecule has 0 radical (unpaired) electrons. The standard InChI is InChI=1S/C12H10Te.2C2H7N/c1-3-7-11(8-4-1)13-12-9-5-2-6-10-12;2*1-3-2/h1-10H;2*3H,1-2H3. The van der Waals surface area contributed by atoms with E-state index in [4.69, 9.17) is 0 Å². The van der Waals surface area contributed by atoms with Gasteiger partial charge >= 0.3 is 88.8 Å². The fraction of sp³-hybridized carbons (Fsp3) is 0.250. The Morgan fingerprint density at radius 1 is 0.579 bits per heavy atom. The third kappa shape index (κ3) is 10.7. The number of hydrogen-bond acceptors (Lipinski definition) is 2. The van der Waals surface area contributed by atoms with Crippen LogP contribution in [0.2, 0.25) is 0 Å². The van der Waals surface area contributed by atoms with Gasteiger partial charge in [-0.1, -0.05) is 0 Å². The van der Waals surface area contributed by atoms with E-state index in [-0.39, 0.29) is 20.9 Å². The van der Waals surface area contributed by atoms with E-state index in [9.17, 15) is 0 Å². The van der Waals surface area contributed by atoms with E-state index in [1.54, 1.807) is 0 Å². The van der Waals surface area contributed by atoms with Gasteiger partial charge in [0.15, 0.2) is 0 Å². The monoisotopic (exact) mass is 374 g/mol. The predicted octanol–water partition coefficient (Wildman–Crippen LogP) is 1.01. The molecule has 0 aromatic heterocycles. The second-order valence-electron chi connectivity index (χ2n) is 3.73. The molecule has 0 saturated heterocycles. The van der Waals surface area contributed by atoms with Crippen molar-refractivity contribution in [3.8, 4) is 0 Å². The molecular formula is C16H24N2Te. The van der Waals surface area contributed by atoms with Gasteiger partial charge in [0, 0.05) is 0 Å². The van der Waals surface area contributed by atoms with Crippen LogP contribution in [-0.2, 0) is 0 Å². The summed E-state index contributed by atoms with van der Waals surface area (Å²) in [5, 5.41) is 5.50. The van der Waals surface area contributed by atoms with Gasteiger partial charge in [0.1, 0.15) is 0 Å². The Morgan fingerprint density at radius 2 is 0.842 bits per heavy atom. The van der Waals surface area contributed by atoms with Gasteiger partial charge in [-0.05, 0) is 28.2 Å². The quantitative estimate of drug-likeness (QED) is 0.770. The van der Waals surface area contributed by atoms with Crippen LogP contribution in [-0.4, -0.2) is 49.1 Å². The molecule has 2 N–H and O–H groups in total. The normalized spacial score (nSPS) is 8.63. The minimum atomic E-state index is -0.153. The van der Waals surface area contributed by atoms with Gasteiger partial charge < -0.3 is 10.6 Å². The van der Waals surface area contributed by atoms with Crippen LogP contribution in [0.3, 0.4) is 0 Å². The van der Waals surface area contributed by atoms with Crippen LogP contribution in [0.25, 0.3) is 0 Å². The van der Waals surface area contributed by atoms with E-state index in [2.05, 4.69) is 71.3 Å². The van der Waals surface area contributed by atoms with Crippen molar-refractivity contribution < 1.29 is 0 Å². The number of benzene rings is 2. The van der Waals surface area contributed by atoms with Crippen LogP contribution in [0.1, 0.15) is 0 Å². The van der Waals surface area contributed by atoms with Crippen LogP contribution in [0.5, 0.6) is 0 Å². The molecule has 2 nitrogen and oxygen atoms in total. The molecule has 104 valence electrons. The Labute approximate surface area is 127 Å². The summed E-state index contributed by atoms with van der Waals surface area (Å²) in [6.45, 7) is 0. The third-order valence-corrected chi connectivity index (χ3v) is 4.62. The first-order chi connectivity index (χ1) is 9.28. The first-order valence-electron chi connectivity index (χ1n) is 6.23. The Bertz CT molecular complexity index is 351. The van der Waals surface area contributed by atoms with Crippen LogP contribution >= 0.6 is 0 Å². The van der Waals surface area contributed by atoms with E-state index < -0.39 is 0 Å². The zero-order valence-electron chi connectivity index (χ0n) is 12.2. The summed E-state index contributed by atoms with van der Waals surface area (Å²) in [6.07, 6.45) is 0. The van der Waals surface area contributed by atoms with Crippen molar-refractivity contribution in [1.82, 2.24) is 10.6 Å². The summed E-state index contributed by atoms with van der Waals surface area (Å²) in [5.74, 6) is 0. The predicted molar refractivity (Wildman–Crippen MR) is 87.9 cm³/mol. The molecule has 0 saturated carbocycles. The third-order valence-electron chi connectivity index (χ3n) is 1.72. The fourth-order valence-corrected chi connectivity index (χ4v) is 3.56. The Hall–Kier alpha value is -0.850. The zero-order chi connectivity index (χ0) is 14.3. The van der Waals surface area contributed by atoms with Gasteiger partial charge in [0.25, 0.3) is 0 Å². The van der Waals surface area contributed by atoms with E-state index in [0.29, 0.717) is 0 Å². The molecule has 2 aromatic rings. The van der Waals surface area contributed by atoms with Crippen molar-refractivity contribution >= 4 is 28.1 Å². The molecule has 2 aromatic carbocycles. The van der Waals surface area contributed by atoms with Crippen LogP contribution in [0.4, 0.5) is 0 Å². The van der Waals surface area contributed by atoms with E-state index >= 15 is 0 Å². The molecule has 19 heavy (non-hydrogen) atoms. The van der Waals surface area contributed by atoms with Gasteiger partial charge in [-0.2, -0.15) is 0 Å². The average Bonchev–Trinajstić information content (AvgIpc) is 2.43. The minimum absolute atomic E-state index is 0.153. The van der Waals surface area contributed by atoms with Crippen molar-refractivity contribution in [2.75, 3.05) is 28.2 Å². The number of nitrogens with one attached hydrogen (secondary N) is 2. The molecule has 0 fully saturated rings. The fourth-order valence-electron chi connectivity index (χ4n) is 1.11. The molecule has 0 heterocycles. The summed E-state index contributed by atoms with van der Waals surface area (Å²) in [4.78, 5) is 0. The zero-order valence-corrected chi connectivity index (χ0v) is 14.5. The van der Waals surface area contributed by atoms with Gasteiger partial charge in [-0.15, -0.1) is 0 Å². The topological polar surface area (TPSA) is 24.1 Å². The maximum atomic E-state index is 2.75. The van der Waals surface area contributed by atoms with Crippen molar-refractivity contribution in [3.05, 3.63) is 60.7 Å². The van der Waals surface area contributed by atoms with Gasteiger partial charge in [0.2, 0.25) is 0 Å². The first-order valence-corrected chi connectivity index (χ1v) is 8.56. The van der Waals surface area contributed by atoms with Crippen LogP contribution in [0.15, 0.2) is 60.7 Å². The molecule has 0 atom stereocenters. The number of hydrogen-bond donors (Lipinski definition) is 2. The summed E-state index contributed by atoms with van der Waals surface area (Å²) in [5.41, 5.74) is 0. The van der Waals surface area contributed by atoms with Crippen molar-refractivity contribution in [2.45, 2.75) is 0 Å². The second-order valence-corrected chi connectivity index (χ2v) is 7.00. The van der Waals surface area contributed by atoms with Gasteiger partial charge in [-0.3, -0.25) is 0 Å². The summed E-state index contributed by atoms with van der Waals surface area (Å²) >= 11 is -0.153. The molecule has 0 amide bonds. The molecule has 3 heteroatoms. The Morgan fingerprint density at radius 3 is 1.11 bits per heavy atom. The van der Waals surface area contributed by atoms with Gasteiger partial charge in [-0.25, -0.2) is 0 Å². The summed E-state index contributed by atoms with van der Waals surface area (Å²) < 4.78 is 3.00. The molecule has 0 aliphatic heterocycles. The van der Waals surface area contributed by atoms with E-state index in [0.717, 1.165) is 0 Å². The molecule has 0 aliphatic rings. The number of rotatable bonds is 2. The average molecular weight is 372 g/mol.